The van der Waals surface area contributed by atoms with Crippen LogP contribution in [0.15, 0.2) is 55.1 Å². The number of unbranched alkanes of at least 4 members (excludes halogenated alkanes) is 10. The first-order valence-corrected chi connectivity index (χ1v) is 14.5. The largest absolute Gasteiger partial charge is 0.490 e. The number of rotatable bonds is 19. The van der Waals surface area contributed by atoms with Gasteiger partial charge in [0.25, 0.3) is 0 Å². The average molecular weight is 521 g/mol. The molecule has 5 heteroatoms. The molecule has 0 N–H and O–H groups in total. The van der Waals surface area contributed by atoms with Crippen LogP contribution in [0.1, 0.15) is 107 Å². The lowest BCUT2D eigenvalue weighted by Gasteiger charge is -2.11. The summed E-state index contributed by atoms with van der Waals surface area (Å²) in [5, 5.41) is 0. The molecule has 38 heavy (non-hydrogen) atoms. The van der Waals surface area contributed by atoms with Crippen LogP contribution in [0.3, 0.4) is 0 Å². The second kappa shape index (κ2) is 16.7. The van der Waals surface area contributed by atoms with E-state index in [0.29, 0.717) is 24.7 Å². The van der Waals surface area contributed by atoms with Gasteiger partial charge in [0.05, 0.1) is 13.2 Å². The summed E-state index contributed by atoms with van der Waals surface area (Å²) in [6, 6.07) is 14.2. The maximum absolute atomic E-state index is 12.8. The Balaban J connectivity index is 1.34. The van der Waals surface area contributed by atoms with Crippen LogP contribution in [0, 0.1) is 0 Å². The van der Waals surface area contributed by atoms with Gasteiger partial charge in [0, 0.05) is 11.6 Å². The molecule has 0 aliphatic carbocycles. The van der Waals surface area contributed by atoms with Gasteiger partial charge < -0.3 is 14.2 Å². The van der Waals surface area contributed by atoms with Crippen molar-refractivity contribution in [3.05, 3.63) is 71.8 Å². The van der Waals surface area contributed by atoms with E-state index in [9.17, 15) is 9.59 Å². The van der Waals surface area contributed by atoms with Crippen LogP contribution in [-0.4, -0.2) is 25.2 Å². The monoisotopic (exact) mass is 520 g/mol. The molecule has 0 radical (unpaired) electrons. The molecule has 1 atom stereocenters. The third-order valence-corrected chi connectivity index (χ3v) is 7.10. The second-order valence-corrected chi connectivity index (χ2v) is 10.1. The van der Waals surface area contributed by atoms with Gasteiger partial charge in [-0.2, -0.15) is 0 Å². The number of aryl methyl sites for hydroxylation is 1. The Morgan fingerprint density at radius 1 is 0.868 bits per heavy atom. The third kappa shape index (κ3) is 9.34. The van der Waals surface area contributed by atoms with Crippen molar-refractivity contribution in [2.24, 2.45) is 0 Å². The minimum absolute atomic E-state index is 0.229. The van der Waals surface area contributed by atoms with Crippen molar-refractivity contribution >= 4 is 11.9 Å². The van der Waals surface area contributed by atoms with E-state index in [1.807, 2.05) is 18.2 Å². The predicted octanol–water partition coefficient (Wildman–Crippen LogP) is 8.09. The molecule has 0 fully saturated rings. The van der Waals surface area contributed by atoms with Gasteiger partial charge in [-0.05, 0) is 42.9 Å². The molecule has 2 aromatic carbocycles. The zero-order chi connectivity index (χ0) is 27.0. The zero-order valence-electron chi connectivity index (χ0n) is 23.1. The summed E-state index contributed by atoms with van der Waals surface area (Å²) in [5.74, 6) is 0.282. The number of para-hydroxylation sites is 1. The van der Waals surface area contributed by atoms with E-state index in [4.69, 9.17) is 14.2 Å². The fourth-order valence-corrected chi connectivity index (χ4v) is 4.90. The SMILES string of the molecule is C=CC(=O)OCCCCCCCCCCCOc1cccc2c1OC(=O)C2c1ccc(CCCCC)cc1. The van der Waals surface area contributed by atoms with Gasteiger partial charge in [-0.3, -0.25) is 4.79 Å². The van der Waals surface area contributed by atoms with Crippen molar-refractivity contribution in [3.8, 4) is 11.5 Å². The van der Waals surface area contributed by atoms with Gasteiger partial charge in [0.1, 0.15) is 5.92 Å². The van der Waals surface area contributed by atoms with E-state index >= 15 is 0 Å². The predicted molar refractivity (Wildman–Crippen MR) is 152 cm³/mol. The smallest absolute Gasteiger partial charge is 0.330 e. The lowest BCUT2D eigenvalue weighted by Crippen LogP contribution is -2.11. The Labute approximate surface area is 228 Å². The summed E-state index contributed by atoms with van der Waals surface area (Å²) in [7, 11) is 0. The fourth-order valence-electron chi connectivity index (χ4n) is 4.90. The van der Waals surface area contributed by atoms with Crippen molar-refractivity contribution in [3.63, 3.8) is 0 Å². The van der Waals surface area contributed by atoms with Crippen LogP contribution in [-0.2, 0) is 20.7 Å². The summed E-state index contributed by atoms with van der Waals surface area (Å²) in [6.07, 6.45) is 16.1. The van der Waals surface area contributed by atoms with E-state index in [-0.39, 0.29) is 17.9 Å². The number of fused-ring (bicyclic) bond motifs is 1. The number of benzene rings is 2. The molecule has 1 aliphatic heterocycles. The summed E-state index contributed by atoms with van der Waals surface area (Å²) in [6.45, 7) is 6.71. The maximum Gasteiger partial charge on any atom is 0.330 e. The molecule has 0 amide bonds. The number of esters is 2. The van der Waals surface area contributed by atoms with Gasteiger partial charge in [-0.15, -0.1) is 0 Å². The van der Waals surface area contributed by atoms with Gasteiger partial charge in [0.15, 0.2) is 11.5 Å². The number of hydrogen-bond acceptors (Lipinski definition) is 5. The highest BCUT2D eigenvalue weighted by molar-refractivity contribution is 5.90. The highest BCUT2D eigenvalue weighted by Crippen LogP contribution is 2.44. The van der Waals surface area contributed by atoms with Gasteiger partial charge in [0.2, 0.25) is 0 Å². The third-order valence-electron chi connectivity index (χ3n) is 7.10. The van der Waals surface area contributed by atoms with Crippen molar-refractivity contribution in [2.75, 3.05) is 13.2 Å². The normalized spacial score (nSPS) is 14.1. The average Bonchev–Trinajstić information content (AvgIpc) is 3.28. The molecule has 1 aliphatic rings. The molecule has 3 rings (SSSR count). The van der Waals surface area contributed by atoms with E-state index in [0.717, 1.165) is 43.2 Å². The number of carbonyl (C=O) groups is 2. The molecule has 0 aromatic heterocycles. The molecule has 0 bridgehead atoms. The van der Waals surface area contributed by atoms with Crippen LogP contribution < -0.4 is 9.47 Å². The lowest BCUT2D eigenvalue weighted by molar-refractivity contribution is -0.138. The van der Waals surface area contributed by atoms with E-state index in [1.165, 1.54) is 63.0 Å². The molecule has 0 saturated heterocycles. The summed E-state index contributed by atoms with van der Waals surface area (Å²) < 4.78 is 16.7. The molecule has 0 saturated carbocycles. The van der Waals surface area contributed by atoms with Gasteiger partial charge >= 0.3 is 11.9 Å². The molecular weight excluding hydrogens is 476 g/mol. The summed E-state index contributed by atoms with van der Waals surface area (Å²) >= 11 is 0. The number of hydrogen-bond donors (Lipinski definition) is 0. The molecule has 1 heterocycles. The summed E-state index contributed by atoms with van der Waals surface area (Å²) in [4.78, 5) is 23.8. The van der Waals surface area contributed by atoms with Crippen LogP contribution in [0.5, 0.6) is 11.5 Å². The van der Waals surface area contributed by atoms with Crippen molar-refractivity contribution in [1.29, 1.82) is 0 Å². The fraction of sp³-hybridized carbons (Fsp3) is 0.515. The first-order valence-electron chi connectivity index (χ1n) is 14.5. The van der Waals surface area contributed by atoms with Gasteiger partial charge in [-0.25, -0.2) is 4.79 Å². The Hall–Kier alpha value is -3.08. The Morgan fingerprint density at radius 2 is 1.53 bits per heavy atom. The highest BCUT2D eigenvalue weighted by atomic mass is 16.6. The molecule has 2 aromatic rings. The summed E-state index contributed by atoms with van der Waals surface area (Å²) in [5.41, 5.74) is 3.18. The second-order valence-electron chi connectivity index (χ2n) is 10.1. The van der Waals surface area contributed by atoms with Crippen LogP contribution in [0.2, 0.25) is 0 Å². The minimum Gasteiger partial charge on any atom is -0.490 e. The Morgan fingerprint density at radius 3 is 2.18 bits per heavy atom. The molecule has 5 nitrogen and oxygen atoms in total. The van der Waals surface area contributed by atoms with Crippen LogP contribution in [0.4, 0.5) is 0 Å². The quantitative estimate of drug-likeness (QED) is 0.0811. The van der Waals surface area contributed by atoms with Crippen molar-refractivity contribution in [2.45, 2.75) is 96.3 Å². The molecular formula is C33H44O5. The van der Waals surface area contributed by atoms with E-state index in [1.54, 1.807) is 0 Å². The Bertz CT molecular complexity index is 1010. The molecule has 0 spiro atoms. The topological polar surface area (TPSA) is 61.8 Å². The first-order chi connectivity index (χ1) is 18.6. The van der Waals surface area contributed by atoms with Crippen LogP contribution in [0.25, 0.3) is 0 Å². The van der Waals surface area contributed by atoms with E-state index in [2.05, 4.69) is 37.8 Å². The van der Waals surface area contributed by atoms with Crippen molar-refractivity contribution in [1.82, 2.24) is 0 Å². The molecule has 1 unspecified atom stereocenters. The number of carbonyl (C=O) groups excluding carboxylic acids is 2. The first kappa shape index (κ1) is 29.5. The van der Waals surface area contributed by atoms with Crippen LogP contribution >= 0.6 is 0 Å². The standard InChI is InChI=1S/C33H44O5/c1-3-5-13-17-26-20-22-27(23-21-26)31-28-18-16-19-29(32(28)38-33(31)35)36-24-14-11-9-7-6-8-10-12-15-25-37-30(34)4-2/h4,16,18-23,31H,2-3,5-15,17,24-25H2,1H3. The maximum atomic E-state index is 12.8. The number of ether oxygens (including phenoxy) is 3. The van der Waals surface area contributed by atoms with Crippen molar-refractivity contribution < 1.29 is 23.8 Å². The minimum atomic E-state index is -0.389. The molecule has 206 valence electrons. The lowest BCUT2D eigenvalue weighted by atomic mass is 9.91. The zero-order valence-corrected chi connectivity index (χ0v) is 23.1. The van der Waals surface area contributed by atoms with Gasteiger partial charge in [-0.1, -0.05) is 108 Å². The Kier molecular flexibility index (Phi) is 13.0. The van der Waals surface area contributed by atoms with E-state index < -0.39 is 0 Å². The highest BCUT2D eigenvalue weighted by Gasteiger charge is 2.36.